The lowest BCUT2D eigenvalue weighted by molar-refractivity contribution is -0.141. The fourth-order valence-corrected chi connectivity index (χ4v) is 3.33. The summed E-state index contributed by atoms with van der Waals surface area (Å²) in [4.78, 5) is 29.5. The molecular formula is C16H16N2O3S. The molecule has 0 spiro atoms. The Hall–Kier alpha value is -2.21. The average molecular weight is 316 g/mol. The predicted octanol–water partition coefficient (Wildman–Crippen LogP) is 2.81. The van der Waals surface area contributed by atoms with Gasteiger partial charge in [-0.3, -0.25) is 4.79 Å². The number of carbonyl (C=O) groups is 2. The van der Waals surface area contributed by atoms with Crippen LogP contribution in [0.15, 0.2) is 29.6 Å². The zero-order chi connectivity index (χ0) is 15.7. The molecule has 22 heavy (non-hydrogen) atoms. The molecule has 1 aliphatic rings. The first-order valence-corrected chi connectivity index (χ1v) is 8.00. The SMILES string of the molecule is Cc1nc(-c2ccc(C(=O)N3CCC[C@@H]3C(=O)O)cc2)cs1. The first kappa shape index (κ1) is 14.7. The summed E-state index contributed by atoms with van der Waals surface area (Å²) in [5.41, 5.74) is 2.37. The molecule has 0 radical (unpaired) electrons. The van der Waals surface area contributed by atoms with Crippen LogP contribution < -0.4 is 0 Å². The van der Waals surface area contributed by atoms with Crippen molar-refractivity contribution >= 4 is 23.2 Å². The molecule has 1 amide bonds. The van der Waals surface area contributed by atoms with E-state index in [1.807, 2.05) is 24.4 Å². The molecule has 1 fully saturated rings. The van der Waals surface area contributed by atoms with Crippen molar-refractivity contribution in [3.63, 3.8) is 0 Å². The van der Waals surface area contributed by atoms with Crippen LogP contribution in [0.1, 0.15) is 28.2 Å². The van der Waals surface area contributed by atoms with Gasteiger partial charge in [-0.1, -0.05) is 12.1 Å². The number of rotatable bonds is 3. The van der Waals surface area contributed by atoms with Gasteiger partial charge in [0.15, 0.2) is 0 Å². The summed E-state index contributed by atoms with van der Waals surface area (Å²) in [5.74, 6) is -1.15. The third kappa shape index (κ3) is 2.74. The number of benzene rings is 1. The third-order valence-electron chi connectivity index (χ3n) is 3.85. The van der Waals surface area contributed by atoms with Crippen molar-refractivity contribution in [3.05, 3.63) is 40.2 Å². The number of carboxylic acids is 1. The number of hydrogen-bond donors (Lipinski definition) is 1. The van der Waals surface area contributed by atoms with Crippen LogP contribution in [0.4, 0.5) is 0 Å². The fourth-order valence-electron chi connectivity index (χ4n) is 2.71. The van der Waals surface area contributed by atoms with E-state index < -0.39 is 12.0 Å². The lowest BCUT2D eigenvalue weighted by atomic mass is 10.1. The smallest absolute Gasteiger partial charge is 0.326 e. The minimum absolute atomic E-state index is 0.217. The lowest BCUT2D eigenvalue weighted by Gasteiger charge is -2.21. The molecule has 1 atom stereocenters. The van der Waals surface area contributed by atoms with Gasteiger partial charge in [-0.05, 0) is 31.9 Å². The molecule has 2 aromatic rings. The average Bonchev–Trinajstić information content (AvgIpc) is 3.15. The van der Waals surface area contributed by atoms with E-state index in [0.717, 1.165) is 22.7 Å². The van der Waals surface area contributed by atoms with Crippen LogP contribution in [0, 0.1) is 6.92 Å². The van der Waals surface area contributed by atoms with Gasteiger partial charge in [-0.25, -0.2) is 9.78 Å². The quantitative estimate of drug-likeness (QED) is 0.945. The largest absolute Gasteiger partial charge is 0.480 e. The molecule has 114 valence electrons. The topological polar surface area (TPSA) is 70.5 Å². The summed E-state index contributed by atoms with van der Waals surface area (Å²) in [5, 5.41) is 12.1. The molecule has 1 aromatic carbocycles. The Morgan fingerprint density at radius 1 is 1.32 bits per heavy atom. The van der Waals surface area contributed by atoms with E-state index in [0.29, 0.717) is 18.5 Å². The van der Waals surface area contributed by atoms with Gasteiger partial charge in [0, 0.05) is 23.1 Å². The summed E-state index contributed by atoms with van der Waals surface area (Å²) < 4.78 is 0. The number of amides is 1. The van der Waals surface area contributed by atoms with Gasteiger partial charge in [0.2, 0.25) is 0 Å². The maximum absolute atomic E-state index is 12.5. The summed E-state index contributed by atoms with van der Waals surface area (Å²) in [6.45, 7) is 2.45. The minimum atomic E-state index is -0.930. The highest BCUT2D eigenvalue weighted by atomic mass is 32.1. The molecule has 1 aromatic heterocycles. The minimum Gasteiger partial charge on any atom is -0.480 e. The van der Waals surface area contributed by atoms with Gasteiger partial charge in [-0.2, -0.15) is 0 Å². The number of nitrogens with zero attached hydrogens (tertiary/aromatic N) is 2. The Bertz CT molecular complexity index is 708. The third-order valence-corrected chi connectivity index (χ3v) is 4.62. The molecule has 3 rings (SSSR count). The monoisotopic (exact) mass is 316 g/mol. The van der Waals surface area contributed by atoms with E-state index >= 15 is 0 Å². The number of aromatic nitrogens is 1. The van der Waals surface area contributed by atoms with Crippen molar-refractivity contribution in [2.75, 3.05) is 6.54 Å². The van der Waals surface area contributed by atoms with E-state index in [2.05, 4.69) is 4.98 Å². The van der Waals surface area contributed by atoms with Gasteiger partial charge in [0.05, 0.1) is 10.7 Å². The second kappa shape index (κ2) is 5.88. The van der Waals surface area contributed by atoms with Crippen LogP contribution in [0.5, 0.6) is 0 Å². The second-order valence-corrected chi connectivity index (χ2v) is 6.39. The molecule has 6 heteroatoms. The predicted molar refractivity (Wildman–Crippen MR) is 84.0 cm³/mol. The molecule has 2 heterocycles. The van der Waals surface area contributed by atoms with Crippen LogP contribution in [0.25, 0.3) is 11.3 Å². The van der Waals surface area contributed by atoms with Crippen molar-refractivity contribution in [3.8, 4) is 11.3 Å². The molecule has 0 unspecified atom stereocenters. The van der Waals surface area contributed by atoms with Crippen molar-refractivity contribution in [1.29, 1.82) is 0 Å². The van der Waals surface area contributed by atoms with Crippen LogP contribution in [0.3, 0.4) is 0 Å². The van der Waals surface area contributed by atoms with Gasteiger partial charge in [-0.15, -0.1) is 11.3 Å². The summed E-state index contributed by atoms with van der Waals surface area (Å²) in [6, 6.07) is 6.49. The van der Waals surface area contributed by atoms with E-state index in [4.69, 9.17) is 0 Å². The highest BCUT2D eigenvalue weighted by Gasteiger charge is 2.34. The number of thiazole rings is 1. The molecule has 0 aliphatic carbocycles. The van der Waals surface area contributed by atoms with Crippen LogP contribution in [0.2, 0.25) is 0 Å². The standard InChI is InChI=1S/C16H16N2O3S/c1-10-17-13(9-22-10)11-4-6-12(7-5-11)15(19)18-8-2-3-14(18)16(20)21/h4-7,9,14H,2-3,8H2,1H3,(H,20,21)/t14-/m1/s1. The molecule has 0 bridgehead atoms. The Kier molecular flexibility index (Phi) is 3.94. The number of carbonyl (C=O) groups excluding carboxylic acids is 1. The summed E-state index contributed by atoms with van der Waals surface area (Å²) >= 11 is 1.58. The van der Waals surface area contributed by atoms with E-state index in [1.165, 1.54) is 4.90 Å². The van der Waals surface area contributed by atoms with Gasteiger partial charge < -0.3 is 10.0 Å². The first-order chi connectivity index (χ1) is 10.6. The number of aryl methyl sites for hydroxylation is 1. The summed E-state index contributed by atoms with van der Waals surface area (Å²) in [6.07, 6.45) is 1.26. The van der Waals surface area contributed by atoms with Crippen LogP contribution in [-0.4, -0.2) is 39.5 Å². The van der Waals surface area contributed by atoms with E-state index in [1.54, 1.807) is 23.5 Å². The molecular weight excluding hydrogens is 300 g/mol. The highest BCUT2D eigenvalue weighted by Crippen LogP contribution is 2.24. The normalized spacial score (nSPS) is 17.7. The maximum atomic E-state index is 12.5. The van der Waals surface area contributed by atoms with Gasteiger partial charge in [0.25, 0.3) is 5.91 Å². The highest BCUT2D eigenvalue weighted by molar-refractivity contribution is 7.09. The van der Waals surface area contributed by atoms with Crippen LogP contribution >= 0.6 is 11.3 Å². The van der Waals surface area contributed by atoms with Crippen LogP contribution in [-0.2, 0) is 4.79 Å². The number of carboxylic acid groups (broad SMARTS) is 1. The number of likely N-dealkylation sites (tertiary alicyclic amines) is 1. The van der Waals surface area contributed by atoms with E-state index in [9.17, 15) is 14.7 Å². The maximum Gasteiger partial charge on any atom is 0.326 e. The van der Waals surface area contributed by atoms with Gasteiger partial charge >= 0.3 is 5.97 Å². The zero-order valence-corrected chi connectivity index (χ0v) is 13.0. The second-order valence-electron chi connectivity index (χ2n) is 5.32. The molecule has 1 saturated heterocycles. The zero-order valence-electron chi connectivity index (χ0n) is 12.2. The lowest BCUT2D eigenvalue weighted by Crippen LogP contribution is -2.40. The first-order valence-electron chi connectivity index (χ1n) is 7.12. The van der Waals surface area contributed by atoms with Crippen molar-refractivity contribution < 1.29 is 14.7 Å². The Labute approximate surface area is 132 Å². The Morgan fingerprint density at radius 3 is 2.64 bits per heavy atom. The Morgan fingerprint density at radius 2 is 2.05 bits per heavy atom. The molecule has 1 N–H and O–H groups in total. The molecule has 1 aliphatic heterocycles. The van der Waals surface area contributed by atoms with Crippen molar-refractivity contribution in [2.45, 2.75) is 25.8 Å². The Balaban J connectivity index is 1.80. The van der Waals surface area contributed by atoms with Crippen molar-refractivity contribution in [1.82, 2.24) is 9.88 Å². The molecule has 5 nitrogen and oxygen atoms in total. The number of aliphatic carboxylic acids is 1. The van der Waals surface area contributed by atoms with E-state index in [-0.39, 0.29) is 5.91 Å². The molecule has 0 saturated carbocycles. The summed E-state index contributed by atoms with van der Waals surface area (Å²) in [7, 11) is 0. The fraction of sp³-hybridized carbons (Fsp3) is 0.312. The van der Waals surface area contributed by atoms with Crippen molar-refractivity contribution in [2.24, 2.45) is 0 Å². The number of hydrogen-bond acceptors (Lipinski definition) is 4. The van der Waals surface area contributed by atoms with Gasteiger partial charge in [0.1, 0.15) is 6.04 Å².